The largest absolute Gasteiger partial charge is 0.448 e. The first-order valence-corrected chi connectivity index (χ1v) is 25.8. The zero-order valence-corrected chi connectivity index (χ0v) is 42.7. The van der Waals surface area contributed by atoms with Crippen molar-refractivity contribution in [2.45, 2.75) is 29.6 Å². The highest BCUT2D eigenvalue weighted by molar-refractivity contribution is 8.00. The van der Waals surface area contributed by atoms with Gasteiger partial charge in [0, 0.05) is 36.2 Å². The molecule has 2 aromatic heterocycles. The van der Waals surface area contributed by atoms with E-state index in [0.29, 0.717) is 16.3 Å². The number of thiol groups is 1. The van der Waals surface area contributed by atoms with Crippen molar-refractivity contribution in [3.05, 3.63) is 234 Å². The summed E-state index contributed by atoms with van der Waals surface area (Å²) >= 11 is 7.20. The molecule has 0 saturated carbocycles. The molecule has 0 spiro atoms. The lowest BCUT2D eigenvalue weighted by Gasteiger charge is -2.49. The maximum absolute atomic E-state index is 14.9. The van der Waals surface area contributed by atoms with Crippen LogP contribution in [-0.2, 0) is 36.0 Å². The number of aromatic amines is 1. The van der Waals surface area contributed by atoms with Gasteiger partial charge in [0.15, 0.2) is 22.8 Å². The number of thiazole rings is 1. The molecule has 4 heterocycles. The van der Waals surface area contributed by atoms with Crippen LogP contribution in [0.4, 0.5) is 9.93 Å². The monoisotopic (exact) mass is 1060 g/mol. The van der Waals surface area contributed by atoms with Crippen molar-refractivity contribution in [1.82, 2.24) is 40.6 Å². The average Bonchev–Trinajstić information content (AvgIpc) is 3.92. The fourth-order valence-electron chi connectivity index (χ4n) is 8.81. The van der Waals surface area contributed by atoms with E-state index in [2.05, 4.69) is 36.6 Å². The van der Waals surface area contributed by atoms with Crippen LogP contribution in [0.15, 0.2) is 189 Å². The Kier molecular flexibility index (Phi) is 15.8. The summed E-state index contributed by atoms with van der Waals surface area (Å²) < 4.78 is 7.38. The summed E-state index contributed by atoms with van der Waals surface area (Å²) in [5, 5.41) is 23.2. The van der Waals surface area contributed by atoms with Crippen LogP contribution >= 0.6 is 35.7 Å². The second-order valence-electron chi connectivity index (χ2n) is 16.8. The minimum Gasteiger partial charge on any atom is -0.448 e. The van der Waals surface area contributed by atoms with Gasteiger partial charge >= 0.3 is 23.1 Å². The topological polar surface area (TPSA) is 231 Å². The van der Waals surface area contributed by atoms with Crippen molar-refractivity contribution in [3.63, 3.8) is 0 Å². The molecule has 7 aromatic rings. The number of hydrogen-bond acceptors (Lipinski definition) is 15. The molecule has 2 unspecified atom stereocenters. The van der Waals surface area contributed by atoms with Gasteiger partial charge in [-0.25, -0.2) is 19.7 Å². The number of urea groups is 1. The summed E-state index contributed by atoms with van der Waals surface area (Å²) in [6.45, 7) is -0.215. The smallest absolute Gasteiger partial charge is 0.356 e. The van der Waals surface area contributed by atoms with Gasteiger partial charge in [0.2, 0.25) is 0 Å². The van der Waals surface area contributed by atoms with E-state index in [0.717, 1.165) is 21.3 Å². The summed E-state index contributed by atoms with van der Waals surface area (Å²) in [7, 11) is 2.73. The van der Waals surface area contributed by atoms with E-state index in [-0.39, 0.29) is 52.2 Å². The standard InChI is InChI=1S/C54H48N10O8S3/c1-55-52(70)56-28-29-63-45(60-61-47(66)49(63)68)40(73)30-35-31-74-50-42(48(67)64(50)43(35)51(69)72-44(33-18-8-3-9-19-33)34-20-10-4-11-21-34)58-46(65)41(62-71-2)39-32-75-53(57-39)59-54(36-22-12-5-13-23-36,37-24-14-6-15-25-37)38-26-16-7-17-27-38/h3-27,30,32,42,44,50,73H,28-29,31H2,1-2H3,(H,57,59)(H,58,65)(H,61,66)(H2,55,56,70). The second kappa shape index (κ2) is 23.1. The number of carbonyl (C=O) groups excluding carboxylic acids is 4. The molecular weight excluding hydrogens is 1010 g/mol. The Morgan fingerprint density at radius 3 is 1.96 bits per heavy atom. The number of esters is 1. The highest BCUT2D eigenvalue weighted by atomic mass is 32.2. The van der Waals surface area contributed by atoms with Crippen molar-refractivity contribution in [3.8, 4) is 0 Å². The molecule has 380 valence electrons. The van der Waals surface area contributed by atoms with Crippen LogP contribution in [-0.4, -0.2) is 92.0 Å². The van der Waals surface area contributed by atoms with Crippen LogP contribution in [0.5, 0.6) is 0 Å². The highest BCUT2D eigenvalue weighted by Gasteiger charge is 2.55. The number of rotatable bonds is 18. The van der Waals surface area contributed by atoms with Crippen molar-refractivity contribution in [2.24, 2.45) is 5.16 Å². The number of thioether (sulfide) groups is 1. The second-order valence-corrected chi connectivity index (χ2v) is 19.3. The number of carbonyl (C=O) groups is 4. The van der Waals surface area contributed by atoms with E-state index in [4.69, 9.17) is 27.2 Å². The number of amides is 4. The van der Waals surface area contributed by atoms with Crippen LogP contribution in [0.25, 0.3) is 4.91 Å². The lowest BCUT2D eigenvalue weighted by atomic mass is 9.77. The molecule has 0 radical (unpaired) electrons. The van der Waals surface area contributed by atoms with Crippen LogP contribution < -0.4 is 32.4 Å². The van der Waals surface area contributed by atoms with E-state index in [1.54, 1.807) is 5.38 Å². The molecule has 18 nitrogen and oxygen atoms in total. The number of fused-ring (bicyclic) bond motifs is 1. The first kappa shape index (κ1) is 51.4. The minimum atomic E-state index is -1.15. The Labute approximate surface area is 443 Å². The summed E-state index contributed by atoms with van der Waals surface area (Å²) in [5.74, 6) is -2.27. The van der Waals surface area contributed by atoms with Crippen molar-refractivity contribution >= 4 is 75.3 Å². The number of anilines is 1. The third kappa shape index (κ3) is 10.8. The third-order valence-corrected chi connectivity index (χ3v) is 14.7. The fraction of sp³-hybridized carbons (Fsp3) is 0.167. The van der Waals surface area contributed by atoms with Gasteiger partial charge in [-0.15, -0.1) is 35.7 Å². The SMILES string of the molecule is CNC(=O)NCCn1c(C(S)=CC2=C(C(=O)OC(c3ccccc3)c3ccccc3)N3C(=O)C(NC(=O)C(=NOC)c4csc(NC(c5ccccc5)(c5ccccc5)c5ccccc5)n4)C3SC2)n[nH]c(=O)c1=O. The van der Waals surface area contributed by atoms with Crippen molar-refractivity contribution in [2.75, 3.05) is 31.8 Å². The zero-order valence-electron chi connectivity index (χ0n) is 40.2. The molecule has 1 fully saturated rings. The number of oxime groups is 1. The number of β-lactam (4-membered cyclic amide) rings is 1. The molecule has 0 bridgehead atoms. The molecule has 4 amide bonds. The van der Waals surface area contributed by atoms with E-state index >= 15 is 0 Å². The molecule has 75 heavy (non-hydrogen) atoms. The first-order chi connectivity index (χ1) is 36.5. The molecule has 0 aliphatic carbocycles. The van der Waals surface area contributed by atoms with Gasteiger partial charge in [0.25, 0.3) is 11.8 Å². The van der Waals surface area contributed by atoms with E-state index in [9.17, 15) is 28.8 Å². The number of benzene rings is 5. The minimum absolute atomic E-state index is 0.0363. The quantitative estimate of drug-likeness (QED) is 0.0110. The normalized spacial score (nSPS) is 15.6. The Hall–Kier alpha value is -8.53. The highest BCUT2D eigenvalue weighted by Crippen LogP contribution is 2.44. The summed E-state index contributed by atoms with van der Waals surface area (Å²) in [6, 6.07) is 46.5. The van der Waals surface area contributed by atoms with Crippen LogP contribution in [0.2, 0.25) is 0 Å². The molecule has 21 heteroatoms. The van der Waals surface area contributed by atoms with E-state index < -0.39 is 58.0 Å². The predicted molar refractivity (Wildman–Crippen MR) is 290 cm³/mol. The van der Waals surface area contributed by atoms with Gasteiger partial charge in [0.05, 0.1) is 0 Å². The number of nitrogens with zero attached hydrogens (tertiary/aromatic N) is 5. The third-order valence-electron chi connectivity index (χ3n) is 12.3. The molecule has 5 N–H and O–H groups in total. The molecule has 2 aliphatic heterocycles. The van der Waals surface area contributed by atoms with E-state index in [1.807, 2.05) is 152 Å². The van der Waals surface area contributed by atoms with Gasteiger partial charge < -0.3 is 30.8 Å². The van der Waals surface area contributed by atoms with Gasteiger partial charge in [-0.2, -0.15) is 5.10 Å². The lowest BCUT2D eigenvalue weighted by molar-refractivity contribution is -0.154. The van der Waals surface area contributed by atoms with Crippen molar-refractivity contribution < 1.29 is 28.8 Å². The number of nitrogens with one attached hydrogen (secondary N) is 5. The Morgan fingerprint density at radius 2 is 1.41 bits per heavy atom. The first-order valence-electron chi connectivity index (χ1n) is 23.4. The predicted octanol–water partition coefficient (Wildman–Crippen LogP) is 6.03. The molecular formula is C54H48N10O8S3. The van der Waals surface area contributed by atoms with Gasteiger partial charge in [-0.3, -0.25) is 28.6 Å². The maximum Gasteiger partial charge on any atom is 0.356 e. The van der Waals surface area contributed by atoms with Crippen LogP contribution in [0, 0.1) is 0 Å². The van der Waals surface area contributed by atoms with E-state index in [1.165, 1.54) is 48.2 Å². The number of H-pyrrole nitrogens is 1. The molecule has 5 aromatic carbocycles. The number of ether oxygens (including phenoxy) is 1. The lowest BCUT2D eigenvalue weighted by Crippen LogP contribution is -2.71. The van der Waals surface area contributed by atoms with Crippen LogP contribution in [0.3, 0.4) is 0 Å². The van der Waals surface area contributed by atoms with Crippen LogP contribution in [0.1, 0.15) is 45.4 Å². The summed E-state index contributed by atoms with van der Waals surface area (Å²) in [6.07, 6.45) is 0.555. The fourth-order valence-corrected chi connectivity index (χ4v) is 11.2. The molecule has 9 rings (SSSR count). The Balaban J connectivity index is 1.03. The molecule has 1 saturated heterocycles. The van der Waals surface area contributed by atoms with Gasteiger partial charge in [-0.05, 0) is 39.5 Å². The summed E-state index contributed by atoms with van der Waals surface area (Å²) in [5.41, 5.74) is 1.37. The average molecular weight is 1060 g/mol. The zero-order chi connectivity index (χ0) is 52.5. The molecule has 2 aliphatic rings. The number of hydrogen-bond donors (Lipinski definition) is 6. The Bertz CT molecular complexity index is 3290. The summed E-state index contributed by atoms with van der Waals surface area (Å²) in [4.78, 5) is 92.7. The number of allylic oxidation sites excluding steroid dienone is 1. The van der Waals surface area contributed by atoms with Gasteiger partial charge in [0.1, 0.15) is 35.5 Å². The van der Waals surface area contributed by atoms with Crippen molar-refractivity contribution in [1.29, 1.82) is 0 Å². The number of aromatic nitrogens is 4. The molecule has 2 atom stereocenters. The Morgan fingerprint density at radius 1 is 0.853 bits per heavy atom. The van der Waals surface area contributed by atoms with Gasteiger partial charge in [-0.1, -0.05) is 157 Å². The maximum atomic E-state index is 14.9.